The van der Waals surface area contributed by atoms with Gasteiger partial charge < -0.3 is 20.7 Å². The van der Waals surface area contributed by atoms with Crippen LogP contribution in [0.5, 0.6) is 5.75 Å². The van der Waals surface area contributed by atoms with Crippen LogP contribution < -0.4 is 15.8 Å². The number of hydrogen-bond acceptors (Lipinski definition) is 4. The van der Waals surface area contributed by atoms with Crippen molar-refractivity contribution in [3.8, 4) is 5.75 Å². The third-order valence-corrected chi connectivity index (χ3v) is 5.11. The van der Waals surface area contributed by atoms with Crippen molar-refractivity contribution in [2.75, 3.05) is 25.0 Å². The zero-order chi connectivity index (χ0) is 22.8. The van der Waals surface area contributed by atoms with E-state index < -0.39 is 0 Å². The summed E-state index contributed by atoms with van der Waals surface area (Å²) in [5, 5.41) is 3.33. The molecule has 0 aliphatic carbocycles. The topological polar surface area (TPSA) is 84.7 Å². The van der Waals surface area contributed by atoms with Crippen molar-refractivity contribution in [1.82, 2.24) is 4.90 Å². The first-order valence-corrected chi connectivity index (χ1v) is 10.7. The zero-order valence-electron chi connectivity index (χ0n) is 17.7. The number of rotatable bonds is 10. The molecule has 3 aromatic carbocycles. The highest BCUT2D eigenvalue weighted by atomic mass is 35.5. The number of amides is 2. The van der Waals surface area contributed by atoms with E-state index in [0.717, 1.165) is 5.56 Å². The van der Waals surface area contributed by atoms with Crippen LogP contribution in [0.1, 0.15) is 22.3 Å². The molecule has 166 valence electrons. The molecule has 0 aromatic heterocycles. The van der Waals surface area contributed by atoms with Crippen molar-refractivity contribution in [3.63, 3.8) is 0 Å². The SMILES string of the molecule is NCCCN(Cc1cc(NC(=O)COc2ccccc2)ccc1Cl)C(=O)c1ccccc1. The number of carbonyl (C=O) groups is 2. The molecule has 0 bridgehead atoms. The van der Waals surface area contributed by atoms with Gasteiger partial charge in [-0.2, -0.15) is 0 Å². The third kappa shape index (κ3) is 6.83. The van der Waals surface area contributed by atoms with E-state index in [1.54, 1.807) is 47.4 Å². The first-order valence-electron chi connectivity index (χ1n) is 10.4. The standard InChI is InChI=1S/C25H26ClN3O3/c26-23-13-12-21(28-24(30)18-32-22-10-5-2-6-11-22)16-20(23)17-29(15-7-14-27)25(31)19-8-3-1-4-9-19/h1-6,8-13,16H,7,14-15,17-18,27H2,(H,28,30). The number of nitrogens with one attached hydrogen (secondary N) is 1. The minimum atomic E-state index is -0.289. The number of carbonyl (C=O) groups excluding carboxylic acids is 2. The third-order valence-electron chi connectivity index (χ3n) is 4.74. The largest absolute Gasteiger partial charge is 0.484 e. The molecule has 0 saturated carbocycles. The van der Waals surface area contributed by atoms with Gasteiger partial charge in [0.25, 0.3) is 11.8 Å². The predicted molar refractivity (Wildman–Crippen MR) is 127 cm³/mol. The number of ether oxygens (including phenoxy) is 1. The lowest BCUT2D eigenvalue weighted by Crippen LogP contribution is -2.32. The van der Waals surface area contributed by atoms with Crippen LogP contribution in [0.3, 0.4) is 0 Å². The smallest absolute Gasteiger partial charge is 0.262 e. The first-order chi connectivity index (χ1) is 15.6. The Hall–Kier alpha value is -3.35. The van der Waals surface area contributed by atoms with Crippen molar-refractivity contribution in [2.45, 2.75) is 13.0 Å². The fourth-order valence-corrected chi connectivity index (χ4v) is 3.32. The van der Waals surface area contributed by atoms with E-state index in [1.165, 1.54) is 0 Å². The van der Waals surface area contributed by atoms with Crippen LogP contribution in [0.25, 0.3) is 0 Å². The molecule has 3 aromatic rings. The highest BCUT2D eigenvalue weighted by Gasteiger charge is 2.17. The molecule has 3 rings (SSSR count). The lowest BCUT2D eigenvalue weighted by atomic mass is 10.1. The molecular weight excluding hydrogens is 426 g/mol. The molecule has 0 aliphatic heterocycles. The van der Waals surface area contributed by atoms with Crippen LogP contribution in [-0.4, -0.2) is 36.4 Å². The monoisotopic (exact) mass is 451 g/mol. The summed E-state index contributed by atoms with van der Waals surface area (Å²) in [6.45, 7) is 1.17. The average Bonchev–Trinajstić information content (AvgIpc) is 2.83. The fourth-order valence-electron chi connectivity index (χ4n) is 3.14. The van der Waals surface area contributed by atoms with Crippen LogP contribution in [0.4, 0.5) is 5.69 Å². The van der Waals surface area contributed by atoms with Crippen molar-refractivity contribution < 1.29 is 14.3 Å². The lowest BCUT2D eigenvalue weighted by Gasteiger charge is -2.24. The zero-order valence-corrected chi connectivity index (χ0v) is 18.4. The molecule has 7 heteroatoms. The molecule has 0 radical (unpaired) electrons. The highest BCUT2D eigenvalue weighted by Crippen LogP contribution is 2.23. The van der Waals surface area contributed by atoms with Crippen molar-refractivity contribution in [3.05, 3.63) is 95.0 Å². The van der Waals surface area contributed by atoms with Gasteiger partial charge in [-0.05, 0) is 61.0 Å². The Morgan fingerprint density at radius 2 is 1.66 bits per heavy atom. The Morgan fingerprint density at radius 3 is 2.34 bits per heavy atom. The summed E-state index contributed by atoms with van der Waals surface area (Å²) in [6.07, 6.45) is 0.670. The van der Waals surface area contributed by atoms with Crippen LogP contribution in [0, 0.1) is 0 Å². The molecule has 0 spiro atoms. The number of halogens is 1. The van der Waals surface area contributed by atoms with E-state index in [0.29, 0.717) is 48.1 Å². The minimum absolute atomic E-state index is 0.0965. The van der Waals surface area contributed by atoms with Crippen molar-refractivity contribution >= 4 is 29.1 Å². The molecule has 0 atom stereocenters. The average molecular weight is 452 g/mol. The van der Waals surface area contributed by atoms with Crippen molar-refractivity contribution in [1.29, 1.82) is 0 Å². The van der Waals surface area contributed by atoms with Gasteiger partial charge >= 0.3 is 0 Å². The Morgan fingerprint density at radius 1 is 0.969 bits per heavy atom. The lowest BCUT2D eigenvalue weighted by molar-refractivity contribution is -0.118. The Kier molecular flexibility index (Phi) is 8.66. The Balaban J connectivity index is 1.68. The molecule has 0 saturated heterocycles. The molecule has 32 heavy (non-hydrogen) atoms. The fraction of sp³-hybridized carbons (Fsp3) is 0.200. The summed E-state index contributed by atoms with van der Waals surface area (Å²) >= 11 is 6.40. The predicted octanol–water partition coefficient (Wildman–Crippen LogP) is 4.35. The number of para-hydroxylation sites is 1. The van der Waals surface area contributed by atoms with Crippen LogP contribution in [-0.2, 0) is 11.3 Å². The quantitative estimate of drug-likeness (QED) is 0.480. The number of nitrogens with two attached hydrogens (primary N) is 1. The minimum Gasteiger partial charge on any atom is -0.484 e. The van der Waals surface area contributed by atoms with Crippen LogP contribution >= 0.6 is 11.6 Å². The molecule has 3 N–H and O–H groups in total. The molecule has 0 unspecified atom stereocenters. The Labute approximate surface area is 192 Å². The Bertz CT molecular complexity index is 1030. The molecule has 2 amide bonds. The number of hydrogen-bond donors (Lipinski definition) is 2. The van der Waals surface area contributed by atoms with Gasteiger partial charge in [-0.25, -0.2) is 0 Å². The van der Waals surface area contributed by atoms with E-state index in [1.807, 2.05) is 36.4 Å². The second-order valence-corrected chi connectivity index (χ2v) is 7.60. The second kappa shape index (κ2) is 11.9. The van der Waals surface area contributed by atoms with E-state index in [-0.39, 0.29) is 18.4 Å². The van der Waals surface area contributed by atoms with E-state index >= 15 is 0 Å². The van der Waals surface area contributed by atoms with Gasteiger partial charge in [-0.15, -0.1) is 0 Å². The van der Waals surface area contributed by atoms with Gasteiger partial charge in [0.15, 0.2) is 6.61 Å². The normalized spacial score (nSPS) is 10.4. The molecular formula is C25H26ClN3O3. The first kappa shape index (κ1) is 23.3. The summed E-state index contributed by atoms with van der Waals surface area (Å²) in [5.74, 6) is 0.234. The van der Waals surface area contributed by atoms with E-state index in [9.17, 15) is 9.59 Å². The maximum absolute atomic E-state index is 13.0. The van der Waals surface area contributed by atoms with Crippen LogP contribution in [0.2, 0.25) is 5.02 Å². The summed E-state index contributed by atoms with van der Waals surface area (Å²) < 4.78 is 5.48. The van der Waals surface area contributed by atoms with Gasteiger partial charge in [-0.3, -0.25) is 9.59 Å². The van der Waals surface area contributed by atoms with Crippen molar-refractivity contribution in [2.24, 2.45) is 5.73 Å². The summed E-state index contributed by atoms with van der Waals surface area (Å²) in [4.78, 5) is 27.0. The molecule has 6 nitrogen and oxygen atoms in total. The van der Waals surface area contributed by atoms with E-state index in [2.05, 4.69) is 5.32 Å². The number of anilines is 1. The molecule has 0 aliphatic rings. The summed E-state index contributed by atoms with van der Waals surface area (Å²) in [5.41, 5.74) is 7.58. The number of nitrogens with zero attached hydrogens (tertiary/aromatic N) is 1. The van der Waals surface area contributed by atoms with Gasteiger partial charge in [0.1, 0.15) is 5.75 Å². The maximum Gasteiger partial charge on any atom is 0.262 e. The second-order valence-electron chi connectivity index (χ2n) is 7.19. The maximum atomic E-state index is 13.0. The van der Waals surface area contributed by atoms with E-state index in [4.69, 9.17) is 22.1 Å². The molecule has 0 fully saturated rings. The summed E-state index contributed by atoms with van der Waals surface area (Å²) in [7, 11) is 0. The van der Waals surface area contributed by atoms with Gasteiger partial charge in [0.05, 0.1) is 0 Å². The van der Waals surface area contributed by atoms with Gasteiger partial charge in [0, 0.05) is 29.4 Å². The summed E-state index contributed by atoms with van der Waals surface area (Å²) in [6, 6.07) is 23.4. The molecule has 0 heterocycles. The van der Waals surface area contributed by atoms with Gasteiger partial charge in [-0.1, -0.05) is 48.0 Å². The van der Waals surface area contributed by atoms with Crippen LogP contribution in [0.15, 0.2) is 78.9 Å². The van der Waals surface area contributed by atoms with Gasteiger partial charge in [0.2, 0.25) is 0 Å². The number of benzene rings is 3. The highest BCUT2D eigenvalue weighted by molar-refractivity contribution is 6.31.